The number of rotatable bonds is 2. The van der Waals surface area contributed by atoms with Gasteiger partial charge in [-0.3, -0.25) is 0 Å². The van der Waals surface area contributed by atoms with Gasteiger partial charge in [-0.2, -0.15) is 0 Å². The number of thiocarbonyl (C=S) groups is 1. The fourth-order valence-electron chi connectivity index (χ4n) is 0.494. The highest BCUT2D eigenvalue weighted by Crippen LogP contribution is 2.33. The van der Waals surface area contributed by atoms with Gasteiger partial charge in [-0.15, -0.1) is 0 Å². The van der Waals surface area contributed by atoms with Gasteiger partial charge in [0.2, 0.25) is 0 Å². The SMILES string of the molecule is CN(C)/C=N/C1NC(=S)SS1. The van der Waals surface area contributed by atoms with Crippen LogP contribution in [0.15, 0.2) is 4.99 Å². The molecule has 1 heterocycles. The van der Waals surface area contributed by atoms with E-state index in [1.54, 1.807) is 27.9 Å². The van der Waals surface area contributed by atoms with Crippen LogP contribution in [-0.4, -0.2) is 35.2 Å². The van der Waals surface area contributed by atoms with Crippen molar-refractivity contribution in [2.75, 3.05) is 14.1 Å². The van der Waals surface area contributed by atoms with Crippen molar-refractivity contribution >= 4 is 44.5 Å². The number of hydrogen-bond donors (Lipinski definition) is 1. The van der Waals surface area contributed by atoms with Crippen molar-refractivity contribution in [2.24, 2.45) is 4.99 Å². The molecule has 0 aromatic rings. The predicted octanol–water partition coefficient (Wildman–Crippen LogP) is 1.13. The van der Waals surface area contributed by atoms with Gasteiger partial charge in [-0.1, -0.05) is 12.2 Å². The molecule has 62 valence electrons. The highest BCUT2D eigenvalue weighted by atomic mass is 33.1. The fourth-order valence-corrected chi connectivity index (χ4v) is 2.69. The second-order valence-electron chi connectivity index (χ2n) is 2.19. The van der Waals surface area contributed by atoms with Crippen molar-refractivity contribution in [3.63, 3.8) is 0 Å². The lowest BCUT2D eigenvalue weighted by molar-refractivity contribution is 0.635. The van der Waals surface area contributed by atoms with E-state index in [0.717, 1.165) is 4.32 Å². The smallest absolute Gasteiger partial charge is 0.179 e. The summed E-state index contributed by atoms with van der Waals surface area (Å²) < 4.78 is 0.816. The zero-order chi connectivity index (χ0) is 8.27. The van der Waals surface area contributed by atoms with Crippen molar-refractivity contribution in [3.8, 4) is 0 Å². The maximum Gasteiger partial charge on any atom is 0.179 e. The maximum atomic E-state index is 4.92. The quantitative estimate of drug-likeness (QED) is 0.317. The Morgan fingerprint density at radius 3 is 2.91 bits per heavy atom. The lowest BCUT2D eigenvalue weighted by atomic mass is 10.9. The molecule has 11 heavy (non-hydrogen) atoms. The van der Waals surface area contributed by atoms with Gasteiger partial charge in [0.05, 0.1) is 6.34 Å². The van der Waals surface area contributed by atoms with E-state index in [2.05, 4.69) is 10.3 Å². The molecule has 0 spiro atoms. The first-order valence-corrected chi connectivity index (χ1v) is 5.64. The molecule has 0 aromatic carbocycles. The summed E-state index contributed by atoms with van der Waals surface area (Å²) in [7, 11) is 7.07. The average Bonchev–Trinajstić information content (AvgIpc) is 2.31. The maximum absolute atomic E-state index is 4.92. The molecule has 1 unspecified atom stereocenters. The second kappa shape index (κ2) is 4.18. The Morgan fingerprint density at radius 2 is 2.45 bits per heavy atom. The highest BCUT2D eigenvalue weighted by Gasteiger charge is 2.17. The van der Waals surface area contributed by atoms with Crippen molar-refractivity contribution in [1.82, 2.24) is 10.2 Å². The van der Waals surface area contributed by atoms with Crippen LogP contribution in [0.3, 0.4) is 0 Å². The Balaban J connectivity index is 2.33. The van der Waals surface area contributed by atoms with Gasteiger partial charge in [0, 0.05) is 14.1 Å². The van der Waals surface area contributed by atoms with Crippen molar-refractivity contribution in [2.45, 2.75) is 5.50 Å². The normalized spacial score (nSPS) is 24.2. The summed E-state index contributed by atoms with van der Waals surface area (Å²) in [5.41, 5.74) is 0.0925. The minimum absolute atomic E-state index is 0.0925. The molecule has 0 aliphatic carbocycles. The first-order valence-electron chi connectivity index (χ1n) is 3.02. The predicted molar refractivity (Wildman–Crippen MR) is 56.9 cm³/mol. The van der Waals surface area contributed by atoms with Gasteiger partial charge in [0.15, 0.2) is 5.50 Å². The third kappa shape index (κ3) is 3.31. The summed E-state index contributed by atoms with van der Waals surface area (Å²) in [5.74, 6) is 0. The van der Waals surface area contributed by atoms with Gasteiger partial charge in [0.25, 0.3) is 0 Å². The molecular formula is C5H9N3S3. The Morgan fingerprint density at radius 1 is 1.73 bits per heavy atom. The Labute approximate surface area is 79.4 Å². The number of nitrogens with one attached hydrogen (secondary N) is 1. The summed E-state index contributed by atoms with van der Waals surface area (Å²) in [6.45, 7) is 0. The van der Waals surface area contributed by atoms with E-state index < -0.39 is 0 Å². The lowest BCUT2D eigenvalue weighted by Gasteiger charge is -2.05. The van der Waals surface area contributed by atoms with Crippen molar-refractivity contribution in [3.05, 3.63) is 0 Å². The van der Waals surface area contributed by atoms with Crippen LogP contribution < -0.4 is 5.32 Å². The van der Waals surface area contributed by atoms with E-state index in [1.807, 2.05) is 19.0 Å². The molecule has 1 aliphatic rings. The number of nitrogens with zero attached hydrogens (tertiary/aromatic N) is 2. The lowest BCUT2D eigenvalue weighted by Crippen LogP contribution is -2.21. The van der Waals surface area contributed by atoms with E-state index in [-0.39, 0.29) is 5.50 Å². The van der Waals surface area contributed by atoms with Crippen LogP contribution in [0.25, 0.3) is 0 Å². The van der Waals surface area contributed by atoms with Gasteiger partial charge in [0.1, 0.15) is 4.32 Å². The van der Waals surface area contributed by atoms with Crippen LogP contribution in [0.5, 0.6) is 0 Å². The minimum atomic E-state index is 0.0925. The standard InChI is InChI=1S/C5H9N3S3/c1-8(2)3-6-4-7-5(9)11-10-4/h3-4H,1-2H3,(H,7,9)/b6-3+. The molecule has 0 bridgehead atoms. The molecule has 0 amide bonds. The fraction of sp³-hybridized carbons (Fsp3) is 0.600. The summed E-state index contributed by atoms with van der Waals surface area (Å²) in [5, 5.41) is 3.04. The van der Waals surface area contributed by atoms with Gasteiger partial charge >= 0.3 is 0 Å². The van der Waals surface area contributed by atoms with E-state index in [4.69, 9.17) is 12.2 Å². The molecular weight excluding hydrogens is 198 g/mol. The summed E-state index contributed by atoms with van der Waals surface area (Å²) in [4.78, 5) is 6.11. The molecule has 1 N–H and O–H groups in total. The number of aliphatic imine (C=N–C) groups is 1. The van der Waals surface area contributed by atoms with Crippen molar-refractivity contribution in [1.29, 1.82) is 0 Å². The van der Waals surface area contributed by atoms with Gasteiger partial charge in [-0.05, 0) is 21.6 Å². The van der Waals surface area contributed by atoms with Crippen LogP contribution >= 0.6 is 33.8 Å². The highest BCUT2D eigenvalue weighted by molar-refractivity contribution is 8.84. The monoisotopic (exact) mass is 207 g/mol. The van der Waals surface area contributed by atoms with Crippen LogP contribution in [-0.2, 0) is 0 Å². The van der Waals surface area contributed by atoms with E-state index in [1.165, 1.54) is 0 Å². The Hall–Kier alpha value is 0.0600. The zero-order valence-corrected chi connectivity index (χ0v) is 8.72. The third-order valence-electron chi connectivity index (χ3n) is 0.889. The van der Waals surface area contributed by atoms with Crippen molar-refractivity contribution < 1.29 is 0 Å². The van der Waals surface area contributed by atoms with E-state index >= 15 is 0 Å². The molecule has 1 rings (SSSR count). The van der Waals surface area contributed by atoms with Crippen LogP contribution in [0, 0.1) is 0 Å². The van der Waals surface area contributed by atoms with Gasteiger partial charge < -0.3 is 10.2 Å². The summed E-state index contributed by atoms with van der Waals surface area (Å²) >= 11 is 4.92. The topological polar surface area (TPSA) is 27.6 Å². The first-order chi connectivity index (χ1) is 5.18. The zero-order valence-electron chi connectivity index (χ0n) is 6.27. The molecule has 1 aliphatic heterocycles. The third-order valence-corrected chi connectivity index (χ3v) is 3.70. The van der Waals surface area contributed by atoms with E-state index in [9.17, 15) is 0 Å². The Kier molecular flexibility index (Phi) is 3.47. The number of hydrogen-bond acceptors (Lipinski definition) is 4. The second-order valence-corrected chi connectivity index (χ2v) is 5.15. The molecule has 0 aromatic heterocycles. The molecule has 1 fully saturated rings. The summed E-state index contributed by atoms with van der Waals surface area (Å²) in [6, 6.07) is 0. The molecule has 3 nitrogen and oxygen atoms in total. The minimum Gasteiger partial charge on any atom is -0.369 e. The largest absolute Gasteiger partial charge is 0.369 e. The van der Waals surface area contributed by atoms with Crippen LogP contribution in [0.1, 0.15) is 0 Å². The molecule has 0 radical (unpaired) electrons. The Bertz CT molecular complexity index is 180. The average molecular weight is 207 g/mol. The van der Waals surface area contributed by atoms with Gasteiger partial charge in [-0.25, -0.2) is 4.99 Å². The van der Waals surface area contributed by atoms with E-state index in [0.29, 0.717) is 0 Å². The molecule has 1 atom stereocenters. The summed E-state index contributed by atoms with van der Waals surface area (Å²) in [6.07, 6.45) is 1.78. The van der Waals surface area contributed by atoms with Crippen LogP contribution in [0.4, 0.5) is 0 Å². The first kappa shape index (κ1) is 9.15. The molecule has 6 heteroatoms. The molecule has 1 saturated heterocycles. The molecule has 0 saturated carbocycles. The van der Waals surface area contributed by atoms with Crippen LogP contribution in [0.2, 0.25) is 0 Å².